The van der Waals surface area contributed by atoms with Crippen LogP contribution in [0.3, 0.4) is 0 Å². The Morgan fingerprint density at radius 3 is 2.46 bits per heavy atom. The SMILES string of the molecule is CCCOCC(C)NC(=O)C(C)C. The van der Waals surface area contributed by atoms with E-state index in [-0.39, 0.29) is 17.9 Å². The van der Waals surface area contributed by atoms with E-state index in [1.807, 2.05) is 20.8 Å². The van der Waals surface area contributed by atoms with E-state index in [4.69, 9.17) is 4.74 Å². The molecule has 1 atom stereocenters. The lowest BCUT2D eigenvalue weighted by molar-refractivity contribution is -0.125. The number of amides is 1. The molecule has 1 unspecified atom stereocenters. The minimum Gasteiger partial charge on any atom is -0.379 e. The Morgan fingerprint density at radius 1 is 1.38 bits per heavy atom. The van der Waals surface area contributed by atoms with Crippen LogP contribution in [0.4, 0.5) is 0 Å². The van der Waals surface area contributed by atoms with Crippen LogP contribution in [0.15, 0.2) is 0 Å². The zero-order chi connectivity index (χ0) is 10.3. The van der Waals surface area contributed by atoms with Gasteiger partial charge in [-0.2, -0.15) is 0 Å². The largest absolute Gasteiger partial charge is 0.379 e. The summed E-state index contributed by atoms with van der Waals surface area (Å²) >= 11 is 0. The molecule has 0 aromatic heterocycles. The van der Waals surface area contributed by atoms with Crippen LogP contribution in [0.2, 0.25) is 0 Å². The molecule has 1 N–H and O–H groups in total. The molecule has 0 saturated heterocycles. The molecule has 0 aromatic rings. The van der Waals surface area contributed by atoms with E-state index in [1.165, 1.54) is 0 Å². The predicted molar refractivity (Wildman–Crippen MR) is 53.6 cm³/mol. The van der Waals surface area contributed by atoms with Crippen molar-refractivity contribution in [2.45, 2.75) is 40.2 Å². The Morgan fingerprint density at radius 2 is 2.00 bits per heavy atom. The van der Waals surface area contributed by atoms with Crippen LogP contribution in [-0.2, 0) is 9.53 Å². The number of rotatable bonds is 6. The number of ether oxygens (including phenoxy) is 1. The summed E-state index contributed by atoms with van der Waals surface area (Å²) in [7, 11) is 0. The van der Waals surface area contributed by atoms with E-state index in [2.05, 4.69) is 12.2 Å². The first kappa shape index (κ1) is 12.4. The third-order valence-corrected chi connectivity index (χ3v) is 1.63. The van der Waals surface area contributed by atoms with E-state index in [0.717, 1.165) is 13.0 Å². The Bertz CT molecular complexity index is 146. The lowest BCUT2D eigenvalue weighted by Gasteiger charge is -2.15. The van der Waals surface area contributed by atoms with Gasteiger partial charge in [-0.05, 0) is 13.3 Å². The first-order valence-electron chi connectivity index (χ1n) is 4.96. The number of hydrogen-bond donors (Lipinski definition) is 1. The number of carbonyl (C=O) groups is 1. The molecule has 0 aromatic carbocycles. The van der Waals surface area contributed by atoms with Crippen molar-refractivity contribution in [3.8, 4) is 0 Å². The van der Waals surface area contributed by atoms with Crippen LogP contribution >= 0.6 is 0 Å². The van der Waals surface area contributed by atoms with Gasteiger partial charge in [0.1, 0.15) is 0 Å². The molecular formula is C10H21NO2. The summed E-state index contributed by atoms with van der Waals surface area (Å²) in [5.41, 5.74) is 0. The fraction of sp³-hybridized carbons (Fsp3) is 0.900. The van der Waals surface area contributed by atoms with Crippen LogP contribution in [-0.4, -0.2) is 25.2 Å². The van der Waals surface area contributed by atoms with Gasteiger partial charge in [-0.1, -0.05) is 20.8 Å². The quantitative estimate of drug-likeness (QED) is 0.641. The lowest BCUT2D eigenvalue weighted by Crippen LogP contribution is -2.38. The summed E-state index contributed by atoms with van der Waals surface area (Å²) in [5, 5.41) is 2.87. The maximum absolute atomic E-state index is 11.2. The zero-order valence-electron chi connectivity index (χ0n) is 9.09. The standard InChI is InChI=1S/C10H21NO2/c1-5-6-13-7-9(4)11-10(12)8(2)3/h8-9H,5-7H2,1-4H3,(H,11,12). The molecule has 0 heterocycles. The predicted octanol–water partition coefficient (Wildman–Crippen LogP) is 1.57. The van der Waals surface area contributed by atoms with Crippen molar-refractivity contribution >= 4 is 5.91 Å². The van der Waals surface area contributed by atoms with E-state index in [1.54, 1.807) is 0 Å². The Kier molecular flexibility index (Phi) is 6.59. The van der Waals surface area contributed by atoms with Gasteiger partial charge in [0.15, 0.2) is 0 Å². The molecule has 3 heteroatoms. The van der Waals surface area contributed by atoms with Gasteiger partial charge < -0.3 is 10.1 Å². The third-order valence-electron chi connectivity index (χ3n) is 1.63. The fourth-order valence-electron chi connectivity index (χ4n) is 0.856. The fourth-order valence-corrected chi connectivity index (χ4v) is 0.856. The molecule has 13 heavy (non-hydrogen) atoms. The third kappa shape index (κ3) is 6.58. The molecule has 0 rings (SSSR count). The first-order valence-corrected chi connectivity index (χ1v) is 4.96. The minimum absolute atomic E-state index is 0.0497. The van der Waals surface area contributed by atoms with Crippen molar-refractivity contribution in [2.75, 3.05) is 13.2 Å². The molecule has 0 aliphatic carbocycles. The monoisotopic (exact) mass is 187 g/mol. The minimum atomic E-state index is 0.0497. The van der Waals surface area contributed by atoms with E-state index < -0.39 is 0 Å². The van der Waals surface area contributed by atoms with Crippen molar-refractivity contribution in [1.29, 1.82) is 0 Å². The Labute approximate surface area is 80.8 Å². The molecule has 1 amide bonds. The van der Waals surface area contributed by atoms with Crippen molar-refractivity contribution < 1.29 is 9.53 Å². The van der Waals surface area contributed by atoms with Crippen LogP contribution in [0.5, 0.6) is 0 Å². The molecule has 0 aliphatic rings. The molecule has 3 nitrogen and oxygen atoms in total. The molecule has 0 aliphatic heterocycles. The second-order valence-corrected chi connectivity index (χ2v) is 3.64. The number of hydrogen-bond acceptors (Lipinski definition) is 2. The molecule has 0 bridgehead atoms. The van der Waals surface area contributed by atoms with Gasteiger partial charge in [-0.25, -0.2) is 0 Å². The molecular weight excluding hydrogens is 166 g/mol. The second-order valence-electron chi connectivity index (χ2n) is 3.64. The highest BCUT2D eigenvalue weighted by atomic mass is 16.5. The average Bonchev–Trinajstić information content (AvgIpc) is 2.04. The van der Waals surface area contributed by atoms with Crippen LogP contribution < -0.4 is 5.32 Å². The topological polar surface area (TPSA) is 38.3 Å². The van der Waals surface area contributed by atoms with Crippen LogP contribution in [0.25, 0.3) is 0 Å². The summed E-state index contributed by atoms with van der Waals surface area (Å²) in [5.74, 6) is 0.140. The first-order chi connectivity index (χ1) is 6.07. The average molecular weight is 187 g/mol. The highest BCUT2D eigenvalue weighted by molar-refractivity contribution is 5.78. The van der Waals surface area contributed by atoms with E-state index in [9.17, 15) is 4.79 Å². The van der Waals surface area contributed by atoms with Crippen LogP contribution in [0, 0.1) is 5.92 Å². The highest BCUT2D eigenvalue weighted by Crippen LogP contribution is 1.93. The summed E-state index contributed by atoms with van der Waals surface area (Å²) in [6.45, 7) is 9.16. The Balaban J connectivity index is 3.50. The molecule has 0 saturated carbocycles. The van der Waals surface area contributed by atoms with Crippen molar-refractivity contribution in [1.82, 2.24) is 5.32 Å². The van der Waals surface area contributed by atoms with Gasteiger partial charge >= 0.3 is 0 Å². The summed E-state index contributed by atoms with van der Waals surface area (Å²) < 4.78 is 5.31. The maximum atomic E-state index is 11.2. The smallest absolute Gasteiger partial charge is 0.222 e. The molecule has 0 radical (unpaired) electrons. The van der Waals surface area contributed by atoms with Crippen molar-refractivity contribution in [3.05, 3.63) is 0 Å². The lowest BCUT2D eigenvalue weighted by atomic mass is 10.2. The molecule has 0 fully saturated rings. The van der Waals surface area contributed by atoms with Gasteiger partial charge in [-0.3, -0.25) is 4.79 Å². The molecule has 78 valence electrons. The Hall–Kier alpha value is -0.570. The molecule has 0 spiro atoms. The normalized spacial score (nSPS) is 13.0. The summed E-state index contributed by atoms with van der Waals surface area (Å²) in [4.78, 5) is 11.2. The van der Waals surface area contributed by atoms with Crippen LogP contribution in [0.1, 0.15) is 34.1 Å². The van der Waals surface area contributed by atoms with Crippen molar-refractivity contribution in [2.24, 2.45) is 5.92 Å². The zero-order valence-corrected chi connectivity index (χ0v) is 9.09. The second kappa shape index (κ2) is 6.89. The van der Waals surface area contributed by atoms with Gasteiger partial charge in [0.2, 0.25) is 5.91 Å². The van der Waals surface area contributed by atoms with E-state index in [0.29, 0.717) is 6.61 Å². The van der Waals surface area contributed by atoms with Gasteiger partial charge in [0.25, 0.3) is 0 Å². The van der Waals surface area contributed by atoms with Gasteiger partial charge in [0, 0.05) is 18.6 Å². The number of nitrogens with one attached hydrogen (secondary N) is 1. The number of carbonyl (C=O) groups excluding carboxylic acids is 1. The van der Waals surface area contributed by atoms with E-state index >= 15 is 0 Å². The summed E-state index contributed by atoms with van der Waals surface area (Å²) in [6, 6.07) is 0.112. The highest BCUT2D eigenvalue weighted by Gasteiger charge is 2.10. The van der Waals surface area contributed by atoms with Gasteiger partial charge in [-0.15, -0.1) is 0 Å². The maximum Gasteiger partial charge on any atom is 0.222 e. The van der Waals surface area contributed by atoms with Crippen molar-refractivity contribution in [3.63, 3.8) is 0 Å². The summed E-state index contributed by atoms with van der Waals surface area (Å²) in [6.07, 6.45) is 1.02. The van der Waals surface area contributed by atoms with Gasteiger partial charge in [0.05, 0.1) is 6.61 Å².